The Morgan fingerprint density at radius 3 is 2.81 bits per heavy atom. The number of carbonyl (C=O) groups excluding carboxylic acids is 1. The van der Waals surface area contributed by atoms with Crippen molar-refractivity contribution in [1.29, 1.82) is 0 Å². The van der Waals surface area contributed by atoms with Crippen molar-refractivity contribution < 1.29 is 17.9 Å². The van der Waals surface area contributed by atoms with E-state index in [4.69, 9.17) is 4.74 Å². The van der Waals surface area contributed by atoms with Crippen molar-refractivity contribution in [3.8, 4) is 0 Å². The van der Waals surface area contributed by atoms with Gasteiger partial charge in [-0.15, -0.1) is 0 Å². The first kappa shape index (κ1) is 14.3. The van der Waals surface area contributed by atoms with Gasteiger partial charge in [0, 0.05) is 19.6 Å². The highest BCUT2D eigenvalue weighted by atomic mass is 32.2. The molecule has 0 spiro atoms. The van der Waals surface area contributed by atoms with Crippen molar-refractivity contribution >= 4 is 16.3 Å². The number of hydrogen-bond donors (Lipinski definition) is 1. The summed E-state index contributed by atoms with van der Waals surface area (Å²) >= 11 is 0. The predicted octanol–water partition coefficient (Wildman–Crippen LogP) is 0.157. The highest BCUT2D eigenvalue weighted by molar-refractivity contribution is 7.87. The van der Waals surface area contributed by atoms with Gasteiger partial charge in [-0.2, -0.15) is 17.0 Å². The van der Waals surface area contributed by atoms with Crippen LogP contribution in [0, 0.1) is 0 Å². The van der Waals surface area contributed by atoms with Crippen molar-refractivity contribution in [1.82, 2.24) is 13.9 Å². The molecule has 1 amide bonds. The zero-order chi connectivity index (χ0) is 14.9. The largest absolute Gasteiger partial charge is 0.444 e. The van der Waals surface area contributed by atoms with E-state index < -0.39 is 16.3 Å². The molecule has 7 nitrogen and oxygen atoms in total. The normalized spacial score (nSPS) is 24.6. The van der Waals surface area contributed by atoms with Crippen LogP contribution in [0.15, 0.2) is 30.3 Å². The third-order valence-electron chi connectivity index (χ3n) is 3.66. The lowest BCUT2D eigenvalue weighted by Crippen LogP contribution is -2.50. The van der Waals surface area contributed by atoms with Crippen LogP contribution in [-0.4, -0.2) is 55.3 Å². The number of carbonyl (C=O) groups is 1. The highest BCUT2D eigenvalue weighted by Crippen LogP contribution is 2.24. The first-order valence-electron chi connectivity index (χ1n) is 6.80. The number of ether oxygens (including phenoxy) is 1. The van der Waals surface area contributed by atoms with Crippen LogP contribution in [0.5, 0.6) is 0 Å². The Hall–Kier alpha value is -1.64. The Morgan fingerprint density at radius 2 is 2.10 bits per heavy atom. The van der Waals surface area contributed by atoms with Crippen LogP contribution in [0.1, 0.15) is 5.56 Å². The Labute approximate surface area is 123 Å². The molecule has 2 saturated heterocycles. The molecule has 1 N–H and O–H groups in total. The van der Waals surface area contributed by atoms with Crippen LogP contribution < -0.4 is 5.32 Å². The Morgan fingerprint density at radius 1 is 1.33 bits per heavy atom. The number of hydrogen-bond acceptors (Lipinski definition) is 5. The quantitative estimate of drug-likeness (QED) is 0.841. The molecule has 0 saturated carbocycles. The van der Waals surface area contributed by atoms with E-state index in [2.05, 4.69) is 5.32 Å². The van der Waals surface area contributed by atoms with Crippen molar-refractivity contribution in [2.24, 2.45) is 0 Å². The molecule has 1 atom stereocenters. The summed E-state index contributed by atoms with van der Waals surface area (Å²) in [6, 6.07) is 8.97. The maximum Gasteiger partial charge on any atom is 0.424 e. The van der Waals surface area contributed by atoms with Crippen molar-refractivity contribution in [2.75, 3.05) is 26.2 Å². The molecule has 1 aromatic carbocycles. The molecule has 2 fully saturated rings. The monoisotopic (exact) mass is 311 g/mol. The highest BCUT2D eigenvalue weighted by Gasteiger charge is 2.47. The van der Waals surface area contributed by atoms with Gasteiger partial charge in [-0.25, -0.2) is 4.79 Å². The number of fused-ring (bicyclic) bond motifs is 1. The minimum absolute atomic E-state index is 0.0641. The average molecular weight is 311 g/mol. The van der Waals surface area contributed by atoms with Crippen LogP contribution in [0.4, 0.5) is 4.79 Å². The van der Waals surface area contributed by atoms with Crippen molar-refractivity contribution in [3.05, 3.63) is 35.9 Å². The second-order valence-electron chi connectivity index (χ2n) is 5.05. The summed E-state index contributed by atoms with van der Waals surface area (Å²) in [5.41, 5.74) is 0.821. The molecule has 3 rings (SSSR count). The third-order valence-corrected chi connectivity index (χ3v) is 5.58. The summed E-state index contributed by atoms with van der Waals surface area (Å²) < 4.78 is 31.9. The molecule has 2 heterocycles. The van der Waals surface area contributed by atoms with E-state index in [0.29, 0.717) is 19.6 Å². The van der Waals surface area contributed by atoms with Gasteiger partial charge in [0.15, 0.2) is 0 Å². The lowest BCUT2D eigenvalue weighted by atomic mass is 10.2. The molecule has 2 aliphatic heterocycles. The van der Waals surface area contributed by atoms with Gasteiger partial charge >= 0.3 is 16.3 Å². The zero-order valence-corrected chi connectivity index (χ0v) is 12.3. The first-order valence-corrected chi connectivity index (χ1v) is 8.19. The minimum atomic E-state index is -3.74. The van der Waals surface area contributed by atoms with Gasteiger partial charge in [0.2, 0.25) is 0 Å². The molecule has 2 aliphatic rings. The molecule has 114 valence electrons. The Kier molecular flexibility index (Phi) is 3.83. The molecule has 0 aromatic heterocycles. The van der Waals surface area contributed by atoms with Crippen LogP contribution in [0.3, 0.4) is 0 Å². The first-order chi connectivity index (χ1) is 10.1. The van der Waals surface area contributed by atoms with E-state index in [0.717, 1.165) is 9.87 Å². The molecule has 1 unspecified atom stereocenters. The van der Waals surface area contributed by atoms with E-state index in [1.54, 1.807) is 0 Å². The maximum absolute atomic E-state index is 12.3. The molecule has 21 heavy (non-hydrogen) atoms. The van der Waals surface area contributed by atoms with Gasteiger partial charge in [0.25, 0.3) is 0 Å². The summed E-state index contributed by atoms with van der Waals surface area (Å²) in [5.74, 6) is 0. The van der Waals surface area contributed by atoms with E-state index in [1.807, 2.05) is 30.3 Å². The molecule has 8 heteroatoms. The Bertz CT molecular complexity index is 620. The second kappa shape index (κ2) is 5.63. The summed E-state index contributed by atoms with van der Waals surface area (Å²) in [5, 5.41) is 3.13. The number of amides is 1. The molecule has 0 bridgehead atoms. The topological polar surface area (TPSA) is 79.0 Å². The van der Waals surface area contributed by atoms with Crippen LogP contribution in [-0.2, 0) is 21.6 Å². The standard InChI is InChI=1S/C13H17N3O4S/c17-13(20-10-11-4-2-1-3-5-11)16-9-12-8-14-6-7-15(12)21(16,18)19/h1-5,12,14H,6-10H2. The van der Waals surface area contributed by atoms with Crippen LogP contribution in [0.25, 0.3) is 0 Å². The van der Waals surface area contributed by atoms with Crippen LogP contribution >= 0.6 is 0 Å². The molecular formula is C13H17N3O4S. The van der Waals surface area contributed by atoms with E-state index in [-0.39, 0.29) is 19.2 Å². The predicted molar refractivity (Wildman–Crippen MR) is 75.6 cm³/mol. The fourth-order valence-corrected chi connectivity index (χ4v) is 4.27. The number of rotatable bonds is 2. The van der Waals surface area contributed by atoms with Crippen LogP contribution in [0.2, 0.25) is 0 Å². The van der Waals surface area contributed by atoms with Gasteiger partial charge in [-0.3, -0.25) is 0 Å². The van der Waals surface area contributed by atoms with Gasteiger partial charge in [-0.1, -0.05) is 30.3 Å². The number of nitrogens with zero attached hydrogens (tertiary/aromatic N) is 2. The number of nitrogens with one attached hydrogen (secondary N) is 1. The van der Waals surface area contributed by atoms with Gasteiger partial charge in [0.05, 0.1) is 12.6 Å². The third kappa shape index (κ3) is 2.74. The second-order valence-corrected chi connectivity index (χ2v) is 6.85. The fraction of sp³-hybridized carbons (Fsp3) is 0.462. The fourth-order valence-electron chi connectivity index (χ4n) is 2.57. The van der Waals surface area contributed by atoms with Gasteiger partial charge in [0.1, 0.15) is 6.61 Å². The molecular weight excluding hydrogens is 294 g/mol. The number of benzene rings is 1. The minimum Gasteiger partial charge on any atom is -0.444 e. The Balaban J connectivity index is 1.67. The smallest absolute Gasteiger partial charge is 0.424 e. The maximum atomic E-state index is 12.3. The lowest BCUT2D eigenvalue weighted by molar-refractivity contribution is 0.120. The summed E-state index contributed by atoms with van der Waals surface area (Å²) in [6.45, 7) is 1.75. The SMILES string of the molecule is O=C(OCc1ccccc1)N1CC2CNCCN2S1(=O)=O. The molecule has 0 aliphatic carbocycles. The summed E-state index contributed by atoms with van der Waals surface area (Å²) in [7, 11) is -3.74. The van der Waals surface area contributed by atoms with E-state index >= 15 is 0 Å². The van der Waals surface area contributed by atoms with Gasteiger partial charge < -0.3 is 10.1 Å². The van der Waals surface area contributed by atoms with E-state index in [9.17, 15) is 13.2 Å². The molecule has 0 radical (unpaired) electrons. The lowest BCUT2D eigenvalue weighted by Gasteiger charge is -2.26. The van der Waals surface area contributed by atoms with E-state index in [1.165, 1.54) is 4.31 Å². The average Bonchev–Trinajstić information content (AvgIpc) is 2.78. The zero-order valence-electron chi connectivity index (χ0n) is 11.4. The van der Waals surface area contributed by atoms with Gasteiger partial charge in [-0.05, 0) is 5.56 Å². The summed E-state index contributed by atoms with van der Waals surface area (Å²) in [6.07, 6.45) is -0.812. The number of piperazine rings is 1. The summed E-state index contributed by atoms with van der Waals surface area (Å²) in [4.78, 5) is 12.1. The molecule has 1 aromatic rings. The van der Waals surface area contributed by atoms with Crippen molar-refractivity contribution in [2.45, 2.75) is 12.6 Å². The van der Waals surface area contributed by atoms with Crippen molar-refractivity contribution in [3.63, 3.8) is 0 Å².